The number of likely N-dealkylation sites (N-methyl/N-ethyl adjacent to an activating group) is 1. The molecule has 2 aromatic rings. The first-order valence-electron chi connectivity index (χ1n) is 6.40. The standard InChI is InChI=1S/C15H13ClF3NOS/c1-20(9-12-6-7-13(16)22-12)14(21)8-10-2-4-11(5-3-10)15(17,18)19/h2-7H,8-9H2,1H3. The molecule has 1 aromatic carbocycles. The lowest BCUT2D eigenvalue weighted by molar-refractivity contribution is -0.137. The molecule has 0 radical (unpaired) electrons. The number of thiophene rings is 1. The molecule has 0 spiro atoms. The van der Waals surface area contributed by atoms with E-state index < -0.39 is 11.7 Å². The van der Waals surface area contributed by atoms with Crippen molar-refractivity contribution in [3.05, 3.63) is 56.7 Å². The number of hydrogen-bond donors (Lipinski definition) is 0. The van der Waals surface area contributed by atoms with Gasteiger partial charge in [-0.2, -0.15) is 13.2 Å². The molecule has 118 valence electrons. The van der Waals surface area contributed by atoms with Gasteiger partial charge in [-0.25, -0.2) is 0 Å². The van der Waals surface area contributed by atoms with Crippen LogP contribution in [0.25, 0.3) is 0 Å². The van der Waals surface area contributed by atoms with Gasteiger partial charge in [0.2, 0.25) is 5.91 Å². The van der Waals surface area contributed by atoms with Gasteiger partial charge in [-0.3, -0.25) is 4.79 Å². The second-order valence-electron chi connectivity index (χ2n) is 4.83. The van der Waals surface area contributed by atoms with E-state index in [0.717, 1.165) is 17.0 Å². The van der Waals surface area contributed by atoms with E-state index in [1.54, 1.807) is 13.1 Å². The van der Waals surface area contributed by atoms with Crippen LogP contribution in [0.3, 0.4) is 0 Å². The van der Waals surface area contributed by atoms with Gasteiger partial charge in [-0.1, -0.05) is 23.7 Å². The largest absolute Gasteiger partial charge is 0.416 e. The fourth-order valence-corrected chi connectivity index (χ4v) is 3.02. The van der Waals surface area contributed by atoms with Gasteiger partial charge >= 0.3 is 6.18 Å². The summed E-state index contributed by atoms with van der Waals surface area (Å²) in [6, 6.07) is 8.24. The Labute approximate surface area is 135 Å². The quantitative estimate of drug-likeness (QED) is 0.790. The lowest BCUT2D eigenvalue weighted by atomic mass is 10.1. The van der Waals surface area contributed by atoms with Crippen LogP contribution in [0.1, 0.15) is 16.0 Å². The molecule has 0 aliphatic carbocycles. The van der Waals surface area contributed by atoms with Crippen molar-refractivity contribution >= 4 is 28.8 Å². The molecule has 7 heteroatoms. The molecular formula is C15H13ClF3NOS. The van der Waals surface area contributed by atoms with Crippen molar-refractivity contribution in [2.24, 2.45) is 0 Å². The van der Waals surface area contributed by atoms with Gasteiger partial charge < -0.3 is 4.90 Å². The lowest BCUT2D eigenvalue weighted by Crippen LogP contribution is -2.27. The van der Waals surface area contributed by atoms with E-state index in [9.17, 15) is 18.0 Å². The molecule has 1 amide bonds. The summed E-state index contributed by atoms with van der Waals surface area (Å²) < 4.78 is 38.1. The predicted octanol–water partition coefficient (Wildman–Crippen LogP) is 4.62. The van der Waals surface area contributed by atoms with Crippen LogP contribution in [-0.4, -0.2) is 17.9 Å². The van der Waals surface area contributed by atoms with E-state index in [1.807, 2.05) is 6.07 Å². The van der Waals surface area contributed by atoms with Gasteiger partial charge in [-0.15, -0.1) is 11.3 Å². The Kier molecular flexibility index (Phi) is 5.13. The summed E-state index contributed by atoms with van der Waals surface area (Å²) >= 11 is 7.22. The Morgan fingerprint density at radius 2 is 1.82 bits per heavy atom. The first-order valence-corrected chi connectivity index (χ1v) is 7.59. The first-order chi connectivity index (χ1) is 10.3. The summed E-state index contributed by atoms with van der Waals surface area (Å²) in [5.74, 6) is -0.163. The second kappa shape index (κ2) is 6.71. The fourth-order valence-electron chi connectivity index (χ4n) is 1.88. The maximum atomic E-state index is 12.5. The highest BCUT2D eigenvalue weighted by Crippen LogP contribution is 2.29. The monoisotopic (exact) mass is 347 g/mol. The predicted molar refractivity (Wildman–Crippen MR) is 81.0 cm³/mol. The molecule has 1 aromatic heterocycles. The number of halogens is 4. The zero-order valence-corrected chi connectivity index (χ0v) is 13.2. The molecule has 0 bridgehead atoms. The van der Waals surface area contributed by atoms with Crippen molar-refractivity contribution in [3.8, 4) is 0 Å². The number of alkyl halides is 3. The first kappa shape index (κ1) is 16.8. The Morgan fingerprint density at radius 1 is 1.18 bits per heavy atom. The maximum absolute atomic E-state index is 12.5. The molecule has 0 N–H and O–H groups in total. The molecule has 0 aliphatic rings. The van der Waals surface area contributed by atoms with Gasteiger partial charge in [-0.05, 0) is 29.8 Å². The molecule has 0 saturated heterocycles. The van der Waals surface area contributed by atoms with E-state index in [2.05, 4.69) is 0 Å². The van der Waals surface area contributed by atoms with E-state index in [4.69, 9.17) is 11.6 Å². The van der Waals surface area contributed by atoms with Crippen molar-refractivity contribution in [1.82, 2.24) is 4.90 Å². The third kappa shape index (κ3) is 4.48. The SMILES string of the molecule is CN(Cc1ccc(Cl)s1)C(=O)Cc1ccc(C(F)(F)F)cc1. The summed E-state index contributed by atoms with van der Waals surface area (Å²) in [5.41, 5.74) is -0.167. The highest BCUT2D eigenvalue weighted by Gasteiger charge is 2.30. The Morgan fingerprint density at radius 3 is 2.32 bits per heavy atom. The van der Waals surface area contributed by atoms with Crippen LogP contribution in [0.5, 0.6) is 0 Å². The average Bonchev–Trinajstić information content (AvgIpc) is 2.83. The zero-order chi connectivity index (χ0) is 16.3. The topological polar surface area (TPSA) is 20.3 Å². The van der Waals surface area contributed by atoms with E-state index in [1.165, 1.54) is 28.4 Å². The number of carbonyl (C=O) groups is 1. The van der Waals surface area contributed by atoms with Crippen molar-refractivity contribution in [1.29, 1.82) is 0 Å². The van der Waals surface area contributed by atoms with E-state index in [-0.39, 0.29) is 12.3 Å². The minimum atomic E-state index is -4.36. The zero-order valence-electron chi connectivity index (χ0n) is 11.7. The lowest BCUT2D eigenvalue weighted by Gasteiger charge is -2.16. The van der Waals surface area contributed by atoms with Crippen LogP contribution >= 0.6 is 22.9 Å². The van der Waals surface area contributed by atoms with Crippen molar-refractivity contribution in [2.75, 3.05) is 7.05 Å². The molecule has 0 atom stereocenters. The van der Waals surface area contributed by atoms with Crippen LogP contribution in [-0.2, 0) is 23.9 Å². The minimum Gasteiger partial charge on any atom is -0.340 e. The number of rotatable bonds is 4. The molecule has 0 fully saturated rings. The number of amides is 1. The van der Waals surface area contributed by atoms with Crippen LogP contribution in [0.4, 0.5) is 13.2 Å². The van der Waals surface area contributed by atoms with Gasteiger partial charge in [0, 0.05) is 11.9 Å². The van der Waals surface area contributed by atoms with E-state index >= 15 is 0 Å². The van der Waals surface area contributed by atoms with Gasteiger partial charge in [0.15, 0.2) is 0 Å². The third-order valence-corrected chi connectivity index (χ3v) is 4.30. The molecule has 2 rings (SSSR count). The molecule has 0 saturated carbocycles. The summed E-state index contributed by atoms with van der Waals surface area (Å²) in [7, 11) is 1.65. The highest BCUT2D eigenvalue weighted by molar-refractivity contribution is 7.16. The number of benzene rings is 1. The molecule has 0 unspecified atom stereocenters. The molecule has 0 aliphatic heterocycles. The Bertz CT molecular complexity index is 652. The fraction of sp³-hybridized carbons (Fsp3) is 0.267. The van der Waals surface area contributed by atoms with Gasteiger partial charge in [0.05, 0.1) is 22.9 Å². The molecule has 2 nitrogen and oxygen atoms in total. The van der Waals surface area contributed by atoms with Gasteiger partial charge in [0.1, 0.15) is 0 Å². The summed E-state index contributed by atoms with van der Waals surface area (Å²) in [4.78, 5) is 14.6. The van der Waals surface area contributed by atoms with Crippen LogP contribution < -0.4 is 0 Å². The van der Waals surface area contributed by atoms with E-state index in [0.29, 0.717) is 16.4 Å². The summed E-state index contributed by atoms with van der Waals surface area (Å²) in [5, 5.41) is 0. The molecule has 1 heterocycles. The Balaban J connectivity index is 1.96. The van der Waals surface area contributed by atoms with Crippen molar-refractivity contribution in [3.63, 3.8) is 0 Å². The van der Waals surface area contributed by atoms with Crippen LogP contribution in [0.2, 0.25) is 4.34 Å². The average molecular weight is 348 g/mol. The molecular weight excluding hydrogens is 335 g/mol. The Hall–Kier alpha value is -1.53. The smallest absolute Gasteiger partial charge is 0.340 e. The number of hydrogen-bond acceptors (Lipinski definition) is 2. The number of nitrogens with zero attached hydrogens (tertiary/aromatic N) is 1. The van der Waals surface area contributed by atoms with Crippen molar-refractivity contribution < 1.29 is 18.0 Å². The maximum Gasteiger partial charge on any atom is 0.416 e. The molecule has 22 heavy (non-hydrogen) atoms. The van der Waals surface area contributed by atoms with Crippen LogP contribution in [0.15, 0.2) is 36.4 Å². The van der Waals surface area contributed by atoms with Crippen molar-refractivity contribution in [2.45, 2.75) is 19.1 Å². The second-order valence-corrected chi connectivity index (χ2v) is 6.63. The highest BCUT2D eigenvalue weighted by atomic mass is 35.5. The number of carbonyl (C=O) groups excluding carboxylic acids is 1. The summed E-state index contributed by atoms with van der Waals surface area (Å²) in [6.07, 6.45) is -4.30. The third-order valence-electron chi connectivity index (χ3n) is 3.08. The van der Waals surface area contributed by atoms with Gasteiger partial charge in [0.25, 0.3) is 0 Å². The van der Waals surface area contributed by atoms with Crippen LogP contribution in [0, 0.1) is 0 Å². The summed E-state index contributed by atoms with van der Waals surface area (Å²) in [6.45, 7) is 0.427. The normalized spacial score (nSPS) is 11.5. The minimum absolute atomic E-state index is 0.0632.